The van der Waals surface area contributed by atoms with Crippen LogP contribution in [-0.2, 0) is 24.1 Å². The van der Waals surface area contributed by atoms with E-state index >= 15 is 0 Å². The molecule has 0 radical (unpaired) electrons. The van der Waals surface area contributed by atoms with Gasteiger partial charge < -0.3 is 4.74 Å². The van der Waals surface area contributed by atoms with Crippen molar-refractivity contribution in [2.75, 3.05) is 0 Å². The number of carbonyl (C=O) groups excluding carboxylic acids is 1. The quantitative estimate of drug-likeness (QED) is 0.526. The van der Waals surface area contributed by atoms with Gasteiger partial charge in [0.05, 0.1) is 6.10 Å². The highest BCUT2D eigenvalue weighted by atomic mass is 32.3. The Morgan fingerprint density at radius 1 is 1.31 bits per heavy atom. The molecule has 7 heteroatoms. The summed E-state index contributed by atoms with van der Waals surface area (Å²) in [6.45, 7) is 4.38. The number of esters is 1. The Labute approximate surface area is 76.8 Å². The number of rotatable bonds is 4. The minimum absolute atomic E-state index is 0.361. The number of hydrogen-bond donors (Lipinski definition) is 1. The predicted molar refractivity (Wildman–Crippen MR) is 43.3 cm³/mol. The molecule has 0 spiro atoms. The Morgan fingerprint density at radius 2 is 1.77 bits per heavy atom. The van der Waals surface area contributed by atoms with Gasteiger partial charge in [0.15, 0.2) is 6.10 Å². The maximum Gasteiger partial charge on any atom is 0.398 e. The summed E-state index contributed by atoms with van der Waals surface area (Å²) in [6, 6.07) is 0. The lowest BCUT2D eigenvalue weighted by atomic mass is 10.4. The van der Waals surface area contributed by atoms with Crippen LogP contribution < -0.4 is 0 Å². The summed E-state index contributed by atoms with van der Waals surface area (Å²) in [6.07, 6.45) is -1.70. The number of carbonyl (C=O) groups is 1. The van der Waals surface area contributed by atoms with Gasteiger partial charge in [0.2, 0.25) is 0 Å². The summed E-state index contributed by atoms with van der Waals surface area (Å²) < 4.78 is 37.1. The van der Waals surface area contributed by atoms with Crippen LogP contribution >= 0.6 is 0 Å². The molecule has 0 aliphatic heterocycles. The molecule has 0 fully saturated rings. The average Bonchev–Trinajstić information content (AvgIpc) is 1.81. The SMILES string of the molecule is CC(C)OC(=O)C(C)OS(=O)(=O)O. The first-order chi connectivity index (χ1) is 5.72. The molecule has 1 N–H and O–H groups in total. The van der Waals surface area contributed by atoms with Crippen LogP contribution in [0.1, 0.15) is 20.8 Å². The van der Waals surface area contributed by atoms with Gasteiger partial charge in [-0.2, -0.15) is 8.42 Å². The molecule has 78 valence electrons. The first-order valence-electron chi connectivity index (χ1n) is 3.58. The lowest BCUT2D eigenvalue weighted by Crippen LogP contribution is -2.28. The number of hydrogen-bond acceptors (Lipinski definition) is 5. The van der Waals surface area contributed by atoms with Crippen LogP contribution in [-0.4, -0.2) is 31.1 Å². The monoisotopic (exact) mass is 212 g/mol. The van der Waals surface area contributed by atoms with Crippen molar-refractivity contribution in [3.05, 3.63) is 0 Å². The molecule has 0 amide bonds. The van der Waals surface area contributed by atoms with Gasteiger partial charge in [0.1, 0.15) is 0 Å². The second-order valence-electron chi connectivity index (χ2n) is 2.65. The van der Waals surface area contributed by atoms with Gasteiger partial charge in [-0.05, 0) is 20.8 Å². The summed E-state index contributed by atoms with van der Waals surface area (Å²) in [5.41, 5.74) is 0. The second kappa shape index (κ2) is 4.54. The van der Waals surface area contributed by atoms with Gasteiger partial charge in [0.25, 0.3) is 0 Å². The topological polar surface area (TPSA) is 89.9 Å². The molecule has 6 nitrogen and oxygen atoms in total. The highest BCUT2D eigenvalue weighted by Gasteiger charge is 2.21. The smallest absolute Gasteiger partial charge is 0.398 e. The summed E-state index contributed by atoms with van der Waals surface area (Å²) in [4.78, 5) is 10.9. The third-order valence-electron chi connectivity index (χ3n) is 0.950. The van der Waals surface area contributed by atoms with Crippen LogP contribution in [0.15, 0.2) is 0 Å². The maximum absolute atomic E-state index is 10.9. The van der Waals surface area contributed by atoms with E-state index in [1.54, 1.807) is 13.8 Å². The van der Waals surface area contributed by atoms with E-state index in [1.165, 1.54) is 6.92 Å². The fraction of sp³-hybridized carbons (Fsp3) is 0.833. The maximum atomic E-state index is 10.9. The van der Waals surface area contributed by atoms with Crippen molar-refractivity contribution in [1.82, 2.24) is 0 Å². The van der Waals surface area contributed by atoms with E-state index in [4.69, 9.17) is 4.55 Å². The fourth-order valence-corrected chi connectivity index (χ4v) is 0.993. The normalized spacial score (nSPS) is 14.2. The average molecular weight is 212 g/mol. The van der Waals surface area contributed by atoms with Crippen LogP contribution in [0, 0.1) is 0 Å². The molecular formula is C6H12O6S. The van der Waals surface area contributed by atoms with Crippen LogP contribution in [0.25, 0.3) is 0 Å². The van der Waals surface area contributed by atoms with Crippen molar-refractivity contribution in [3.63, 3.8) is 0 Å². The van der Waals surface area contributed by atoms with E-state index in [1.807, 2.05) is 0 Å². The fourth-order valence-electron chi connectivity index (χ4n) is 0.550. The van der Waals surface area contributed by atoms with Crippen molar-refractivity contribution in [2.24, 2.45) is 0 Å². The Bertz CT molecular complexity index is 267. The van der Waals surface area contributed by atoms with Crippen molar-refractivity contribution >= 4 is 16.4 Å². The minimum Gasteiger partial charge on any atom is -0.461 e. The van der Waals surface area contributed by atoms with Crippen molar-refractivity contribution in [1.29, 1.82) is 0 Å². The molecule has 0 rings (SSSR count). The zero-order valence-electron chi connectivity index (χ0n) is 7.55. The lowest BCUT2D eigenvalue weighted by Gasteiger charge is -2.12. The number of ether oxygens (including phenoxy) is 1. The minimum atomic E-state index is -4.61. The van der Waals surface area contributed by atoms with Crippen LogP contribution in [0.3, 0.4) is 0 Å². The van der Waals surface area contributed by atoms with E-state index in [0.29, 0.717) is 0 Å². The standard InChI is InChI=1S/C6H12O6S/c1-4(2)11-6(7)5(3)12-13(8,9)10/h4-5H,1-3H3,(H,8,9,10). The Hall–Kier alpha value is -0.660. The van der Waals surface area contributed by atoms with E-state index in [2.05, 4.69) is 8.92 Å². The van der Waals surface area contributed by atoms with E-state index in [0.717, 1.165) is 0 Å². The Balaban J connectivity index is 4.13. The molecule has 0 saturated carbocycles. The third kappa shape index (κ3) is 6.50. The van der Waals surface area contributed by atoms with Gasteiger partial charge in [-0.25, -0.2) is 8.98 Å². The Kier molecular flexibility index (Phi) is 4.31. The molecule has 1 atom stereocenters. The van der Waals surface area contributed by atoms with E-state index in [-0.39, 0.29) is 6.10 Å². The molecule has 0 aromatic carbocycles. The summed E-state index contributed by atoms with van der Waals surface area (Å²) in [5, 5.41) is 0. The van der Waals surface area contributed by atoms with E-state index < -0.39 is 22.5 Å². The second-order valence-corrected chi connectivity index (χ2v) is 3.70. The highest BCUT2D eigenvalue weighted by Crippen LogP contribution is 2.01. The van der Waals surface area contributed by atoms with Crippen LogP contribution in [0.4, 0.5) is 0 Å². The highest BCUT2D eigenvalue weighted by molar-refractivity contribution is 7.80. The molecule has 0 aromatic rings. The molecule has 0 bridgehead atoms. The third-order valence-corrected chi connectivity index (χ3v) is 1.48. The van der Waals surface area contributed by atoms with Crippen molar-refractivity contribution < 1.29 is 26.7 Å². The van der Waals surface area contributed by atoms with Gasteiger partial charge in [-0.3, -0.25) is 4.55 Å². The van der Waals surface area contributed by atoms with Crippen LogP contribution in [0.2, 0.25) is 0 Å². The summed E-state index contributed by atoms with van der Waals surface area (Å²) in [5.74, 6) is -0.840. The zero-order chi connectivity index (χ0) is 10.6. The van der Waals surface area contributed by atoms with E-state index in [9.17, 15) is 13.2 Å². The van der Waals surface area contributed by atoms with Gasteiger partial charge in [-0.1, -0.05) is 0 Å². The van der Waals surface area contributed by atoms with Gasteiger partial charge >= 0.3 is 16.4 Å². The lowest BCUT2D eigenvalue weighted by molar-refractivity contribution is -0.155. The largest absolute Gasteiger partial charge is 0.461 e. The molecule has 0 heterocycles. The van der Waals surface area contributed by atoms with Gasteiger partial charge in [0, 0.05) is 0 Å². The van der Waals surface area contributed by atoms with Crippen molar-refractivity contribution in [3.8, 4) is 0 Å². The molecule has 0 aliphatic carbocycles. The molecule has 1 unspecified atom stereocenters. The molecule has 0 aliphatic rings. The Morgan fingerprint density at radius 3 is 2.08 bits per heavy atom. The van der Waals surface area contributed by atoms with Gasteiger partial charge in [-0.15, -0.1) is 0 Å². The van der Waals surface area contributed by atoms with Crippen molar-refractivity contribution in [2.45, 2.75) is 33.0 Å². The zero-order valence-corrected chi connectivity index (χ0v) is 8.37. The van der Waals surface area contributed by atoms with Crippen LogP contribution in [0.5, 0.6) is 0 Å². The molecule has 0 saturated heterocycles. The first-order valence-corrected chi connectivity index (χ1v) is 4.95. The predicted octanol–water partition coefficient (Wildman–Crippen LogP) is 0.146. The summed E-state index contributed by atoms with van der Waals surface area (Å²) in [7, 11) is -4.61. The molecule has 13 heavy (non-hydrogen) atoms. The first kappa shape index (κ1) is 12.3. The molecule has 0 aromatic heterocycles. The molecular weight excluding hydrogens is 200 g/mol. The summed E-state index contributed by atoms with van der Waals surface area (Å²) >= 11 is 0.